The average Bonchev–Trinajstić information content (AvgIpc) is 2.06. The quantitative estimate of drug-likeness (QED) is 0.627. The van der Waals surface area contributed by atoms with Crippen LogP contribution in [0.5, 0.6) is 0 Å². The molecule has 0 saturated heterocycles. The molecule has 0 aliphatic carbocycles. The Bertz CT molecular complexity index is 382. The first-order valence-electron chi connectivity index (χ1n) is 3.47. The number of para-hydroxylation sites is 1. The van der Waals surface area contributed by atoms with Crippen LogP contribution in [0.1, 0.15) is 0 Å². The minimum absolute atomic E-state index is 0. The van der Waals surface area contributed by atoms with Crippen molar-refractivity contribution in [2.24, 2.45) is 0 Å². The van der Waals surface area contributed by atoms with Crippen molar-refractivity contribution >= 4 is 16.6 Å². The molecule has 0 unspecified atom stereocenters. The predicted molar refractivity (Wildman–Crippen MR) is 49.8 cm³/mol. The molecule has 1 aromatic heterocycles. The molecule has 0 atom stereocenters. The number of nitrogens with zero attached hydrogens (tertiary/aromatic N) is 1. The summed E-state index contributed by atoms with van der Waals surface area (Å²) in [5.41, 5.74) is 7.46. The van der Waals surface area contributed by atoms with Crippen LogP contribution in [0.25, 0.3) is 10.9 Å². The van der Waals surface area contributed by atoms with Crippen LogP contribution in [0.15, 0.2) is 36.5 Å². The Kier molecular flexibility index (Phi) is 2.26. The van der Waals surface area contributed by atoms with Gasteiger partial charge in [-0.25, -0.2) is 0 Å². The lowest BCUT2D eigenvalue weighted by molar-refractivity contribution is 0.824. The van der Waals surface area contributed by atoms with Crippen LogP contribution < -0.4 is 5.73 Å². The molecule has 3 nitrogen and oxygen atoms in total. The smallest absolute Gasteiger partial charge is 0.0722 e. The van der Waals surface area contributed by atoms with Crippen LogP contribution in [0.3, 0.4) is 0 Å². The lowest BCUT2D eigenvalue weighted by atomic mass is 10.2. The predicted octanol–water partition coefficient (Wildman–Crippen LogP) is 0.992. The molecule has 0 amide bonds. The van der Waals surface area contributed by atoms with Crippen molar-refractivity contribution in [2.45, 2.75) is 0 Å². The lowest BCUT2D eigenvalue weighted by Crippen LogP contribution is -1.87. The SMILES string of the molecule is Nc1ccnc2ccccc12.O. The second-order valence-corrected chi connectivity index (χ2v) is 2.42. The van der Waals surface area contributed by atoms with Gasteiger partial charge in [-0.15, -0.1) is 0 Å². The van der Waals surface area contributed by atoms with Crippen LogP contribution in [-0.4, -0.2) is 10.5 Å². The van der Waals surface area contributed by atoms with E-state index < -0.39 is 0 Å². The largest absolute Gasteiger partial charge is 0.412 e. The molecular weight excluding hydrogens is 152 g/mol. The molecule has 2 aromatic rings. The second kappa shape index (κ2) is 3.19. The number of aromatic nitrogens is 1. The first-order chi connectivity index (χ1) is 5.38. The van der Waals surface area contributed by atoms with Crippen molar-refractivity contribution in [1.29, 1.82) is 0 Å². The second-order valence-electron chi connectivity index (χ2n) is 2.42. The number of rotatable bonds is 0. The molecule has 0 aliphatic rings. The number of anilines is 1. The van der Waals surface area contributed by atoms with Crippen molar-refractivity contribution in [3.8, 4) is 0 Å². The van der Waals surface area contributed by atoms with Gasteiger partial charge in [-0.2, -0.15) is 0 Å². The highest BCUT2D eigenvalue weighted by molar-refractivity contribution is 5.89. The first kappa shape index (κ1) is 8.49. The van der Waals surface area contributed by atoms with Crippen LogP contribution in [0.4, 0.5) is 5.69 Å². The van der Waals surface area contributed by atoms with Gasteiger partial charge in [-0.3, -0.25) is 4.98 Å². The molecule has 2 rings (SSSR count). The molecule has 12 heavy (non-hydrogen) atoms. The zero-order valence-corrected chi connectivity index (χ0v) is 6.49. The number of fused-ring (bicyclic) bond motifs is 1. The van der Waals surface area contributed by atoms with Gasteiger partial charge in [0.05, 0.1) is 5.52 Å². The number of benzene rings is 1. The van der Waals surface area contributed by atoms with Gasteiger partial charge in [0, 0.05) is 17.3 Å². The van der Waals surface area contributed by atoms with E-state index in [4.69, 9.17) is 5.73 Å². The zero-order chi connectivity index (χ0) is 7.68. The fourth-order valence-corrected chi connectivity index (χ4v) is 1.12. The normalized spacial score (nSPS) is 9.33. The van der Waals surface area contributed by atoms with Crippen LogP contribution in [0.2, 0.25) is 0 Å². The molecule has 0 spiro atoms. The lowest BCUT2D eigenvalue weighted by Gasteiger charge is -1.97. The highest BCUT2D eigenvalue weighted by Crippen LogP contribution is 2.16. The van der Waals surface area contributed by atoms with Gasteiger partial charge in [0.1, 0.15) is 0 Å². The molecule has 4 N–H and O–H groups in total. The monoisotopic (exact) mass is 162 g/mol. The van der Waals surface area contributed by atoms with Gasteiger partial charge in [-0.1, -0.05) is 18.2 Å². The molecule has 0 fully saturated rings. The molecule has 1 heterocycles. The van der Waals surface area contributed by atoms with Gasteiger partial charge in [0.25, 0.3) is 0 Å². The molecule has 0 aliphatic heterocycles. The summed E-state index contributed by atoms with van der Waals surface area (Å²) < 4.78 is 0. The van der Waals surface area contributed by atoms with Crippen molar-refractivity contribution in [3.63, 3.8) is 0 Å². The number of pyridine rings is 1. The van der Waals surface area contributed by atoms with Crippen molar-refractivity contribution in [2.75, 3.05) is 5.73 Å². The minimum Gasteiger partial charge on any atom is -0.412 e. The summed E-state index contributed by atoms with van der Waals surface area (Å²) in [6.07, 6.45) is 1.72. The van der Waals surface area contributed by atoms with Crippen molar-refractivity contribution in [3.05, 3.63) is 36.5 Å². The first-order valence-corrected chi connectivity index (χ1v) is 3.47. The molecule has 0 radical (unpaired) electrons. The molecule has 0 saturated carbocycles. The van der Waals surface area contributed by atoms with E-state index in [-0.39, 0.29) is 5.48 Å². The fourth-order valence-electron chi connectivity index (χ4n) is 1.12. The van der Waals surface area contributed by atoms with E-state index in [1.165, 1.54) is 0 Å². The van der Waals surface area contributed by atoms with E-state index >= 15 is 0 Å². The minimum atomic E-state index is 0. The van der Waals surface area contributed by atoms with Crippen molar-refractivity contribution < 1.29 is 5.48 Å². The number of hydrogen-bond acceptors (Lipinski definition) is 2. The Balaban J connectivity index is 0.000000720. The highest BCUT2D eigenvalue weighted by Gasteiger charge is 1.94. The van der Waals surface area contributed by atoms with E-state index in [0.717, 1.165) is 16.6 Å². The van der Waals surface area contributed by atoms with Crippen LogP contribution >= 0.6 is 0 Å². The Labute approximate surface area is 70.2 Å². The summed E-state index contributed by atoms with van der Waals surface area (Å²) in [5.74, 6) is 0. The summed E-state index contributed by atoms with van der Waals surface area (Å²) in [7, 11) is 0. The molecule has 3 heteroatoms. The molecule has 0 bridgehead atoms. The third-order valence-electron chi connectivity index (χ3n) is 1.68. The van der Waals surface area contributed by atoms with E-state index in [1.807, 2.05) is 30.3 Å². The Morgan fingerprint density at radius 1 is 1.08 bits per heavy atom. The Hall–Kier alpha value is -1.61. The summed E-state index contributed by atoms with van der Waals surface area (Å²) in [4.78, 5) is 4.16. The standard InChI is InChI=1S/C9H8N2.H2O/c10-8-5-6-11-9-4-2-1-3-7(8)9;/h1-6H,(H2,10,11);1H2. The maximum absolute atomic E-state index is 5.72. The topological polar surface area (TPSA) is 70.4 Å². The summed E-state index contributed by atoms with van der Waals surface area (Å²) >= 11 is 0. The van der Waals surface area contributed by atoms with Gasteiger partial charge < -0.3 is 11.2 Å². The van der Waals surface area contributed by atoms with Gasteiger partial charge in [-0.05, 0) is 12.1 Å². The van der Waals surface area contributed by atoms with Crippen molar-refractivity contribution in [1.82, 2.24) is 4.98 Å². The van der Waals surface area contributed by atoms with E-state index in [2.05, 4.69) is 4.98 Å². The maximum Gasteiger partial charge on any atom is 0.0722 e. The molecule has 1 aromatic carbocycles. The third kappa shape index (κ3) is 1.22. The average molecular weight is 162 g/mol. The Morgan fingerprint density at radius 3 is 2.58 bits per heavy atom. The summed E-state index contributed by atoms with van der Waals surface area (Å²) in [6, 6.07) is 9.64. The van der Waals surface area contributed by atoms with Crippen LogP contribution in [0, 0.1) is 0 Å². The Morgan fingerprint density at radius 2 is 1.83 bits per heavy atom. The molecular formula is C9H10N2O. The zero-order valence-electron chi connectivity index (χ0n) is 6.49. The fraction of sp³-hybridized carbons (Fsp3) is 0. The van der Waals surface area contributed by atoms with Crippen LogP contribution in [-0.2, 0) is 0 Å². The van der Waals surface area contributed by atoms with Gasteiger partial charge in [0.2, 0.25) is 0 Å². The van der Waals surface area contributed by atoms with E-state index in [1.54, 1.807) is 6.20 Å². The molecule has 62 valence electrons. The highest BCUT2D eigenvalue weighted by atomic mass is 16.0. The summed E-state index contributed by atoms with van der Waals surface area (Å²) in [5, 5.41) is 1.02. The number of nitrogens with two attached hydrogens (primary N) is 1. The summed E-state index contributed by atoms with van der Waals surface area (Å²) in [6.45, 7) is 0. The van der Waals surface area contributed by atoms with Gasteiger partial charge in [0.15, 0.2) is 0 Å². The third-order valence-corrected chi connectivity index (χ3v) is 1.68. The maximum atomic E-state index is 5.72. The number of nitrogen functional groups attached to an aromatic ring is 1. The van der Waals surface area contributed by atoms with E-state index in [0.29, 0.717) is 0 Å². The van der Waals surface area contributed by atoms with Gasteiger partial charge >= 0.3 is 0 Å². The number of hydrogen-bond donors (Lipinski definition) is 1. The van der Waals surface area contributed by atoms with E-state index in [9.17, 15) is 0 Å².